The number of esters is 2. The molecule has 208 valence electrons. The Bertz CT molecular complexity index is 1160. The number of benzene rings is 2. The fourth-order valence-corrected chi connectivity index (χ4v) is 5.53. The van der Waals surface area contributed by atoms with Crippen LogP contribution < -0.4 is 11.5 Å². The molecule has 4 aliphatic rings. The van der Waals surface area contributed by atoms with Crippen LogP contribution in [-0.2, 0) is 28.4 Å². The Morgan fingerprint density at radius 2 is 1.05 bits per heavy atom. The summed E-state index contributed by atoms with van der Waals surface area (Å²) < 4.78 is 35.4. The maximum absolute atomic E-state index is 13.7. The van der Waals surface area contributed by atoms with Gasteiger partial charge in [-0.25, -0.2) is 9.59 Å². The van der Waals surface area contributed by atoms with Gasteiger partial charge in [0.15, 0.2) is 0 Å². The summed E-state index contributed by atoms with van der Waals surface area (Å²) in [6.07, 6.45) is 1.76. The highest BCUT2D eigenvalue weighted by Gasteiger charge is 2.62. The summed E-state index contributed by atoms with van der Waals surface area (Å²) in [5, 5.41) is 0. The van der Waals surface area contributed by atoms with E-state index in [0.29, 0.717) is 74.6 Å². The molecule has 4 heterocycles. The fourth-order valence-electron chi connectivity index (χ4n) is 5.53. The zero-order valence-electron chi connectivity index (χ0n) is 21.7. The molecule has 10 nitrogen and oxygen atoms in total. The number of anilines is 2. The molecule has 10 heteroatoms. The topological polar surface area (TPSA) is 155 Å². The predicted molar refractivity (Wildman–Crippen MR) is 140 cm³/mol. The lowest BCUT2D eigenvalue weighted by Gasteiger charge is -2.49. The smallest absolute Gasteiger partial charge is 0.338 e. The summed E-state index contributed by atoms with van der Waals surface area (Å²) in [7, 11) is 0. The third kappa shape index (κ3) is 6.36. The predicted octanol–water partition coefficient (Wildman–Crippen LogP) is 2.75. The Morgan fingerprint density at radius 3 is 1.46 bits per heavy atom. The molecule has 4 saturated heterocycles. The van der Waals surface area contributed by atoms with Gasteiger partial charge >= 0.3 is 11.9 Å². The van der Waals surface area contributed by atoms with E-state index in [1.165, 1.54) is 0 Å². The summed E-state index contributed by atoms with van der Waals surface area (Å²) in [6.45, 7) is 2.37. The monoisotopic (exact) mass is 538 g/mol. The normalized spacial score (nSPS) is 27.5. The van der Waals surface area contributed by atoms with Crippen LogP contribution >= 0.6 is 0 Å². The molecule has 2 aromatic carbocycles. The molecule has 39 heavy (non-hydrogen) atoms. The lowest BCUT2D eigenvalue weighted by Crippen LogP contribution is -2.57. The van der Waals surface area contributed by atoms with Gasteiger partial charge in [-0.2, -0.15) is 0 Å². The highest BCUT2D eigenvalue weighted by Crippen LogP contribution is 2.54. The molecule has 0 saturated carbocycles. The van der Waals surface area contributed by atoms with Gasteiger partial charge in [-0.05, 0) is 61.4 Å². The number of carbonyl (C=O) groups is 2. The molecule has 0 aliphatic carbocycles. The third-order valence-electron chi connectivity index (χ3n) is 7.99. The molecule has 2 aromatic rings. The SMILES string of the molecule is Nc1ccc(C(=O)OCC(CC2CO2)(CC2CO2)C(CC2CO2)(CC2CO2)OC(=O)c2ccc(N)cc2)cc1. The second-order valence-electron chi connectivity index (χ2n) is 11.1. The van der Waals surface area contributed by atoms with Gasteiger partial charge in [0.2, 0.25) is 0 Å². The van der Waals surface area contributed by atoms with Crippen LogP contribution in [0.4, 0.5) is 11.4 Å². The van der Waals surface area contributed by atoms with Gasteiger partial charge in [0.1, 0.15) is 12.2 Å². The molecule has 4 aliphatic heterocycles. The van der Waals surface area contributed by atoms with Crippen molar-refractivity contribution in [1.82, 2.24) is 0 Å². The molecule has 0 aromatic heterocycles. The average molecular weight is 539 g/mol. The number of hydrogen-bond donors (Lipinski definition) is 2. The number of carbonyl (C=O) groups excluding carboxylic acids is 2. The molecule has 6 rings (SSSR count). The van der Waals surface area contributed by atoms with Crippen LogP contribution in [-0.4, -0.2) is 75.0 Å². The molecule has 4 N–H and O–H groups in total. The van der Waals surface area contributed by atoms with Gasteiger partial charge in [0.05, 0.1) is 62.0 Å². The molecule has 0 amide bonds. The fraction of sp³-hybridized carbons (Fsp3) is 0.517. The van der Waals surface area contributed by atoms with Crippen LogP contribution in [0.2, 0.25) is 0 Å². The first kappa shape index (κ1) is 26.1. The van der Waals surface area contributed by atoms with Crippen molar-refractivity contribution in [2.24, 2.45) is 5.41 Å². The second kappa shape index (κ2) is 10.4. The summed E-state index contributed by atoms with van der Waals surface area (Å²) in [6, 6.07) is 13.2. The number of nitrogens with two attached hydrogens (primary N) is 2. The molecule has 4 unspecified atom stereocenters. The van der Waals surface area contributed by atoms with Crippen molar-refractivity contribution in [2.45, 2.75) is 55.7 Å². The van der Waals surface area contributed by atoms with E-state index in [4.69, 9.17) is 39.9 Å². The van der Waals surface area contributed by atoms with Gasteiger partial charge in [-0.3, -0.25) is 0 Å². The van der Waals surface area contributed by atoms with Crippen molar-refractivity contribution in [3.8, 4) is 0 Å². The quantitative estimate of drug-likeness (QED) is 0.208. The number of hydrogen-bond acceptors (Lipinski definition) is 10. The van der Waals surface area contributed by atoms with Crippen molar-refractivity contribution in [3.05, 3.63) is 59.7 Å². The van der Waals surface area contributed by atoms with Crippen molar-refractivity contribution in [2.75, 3.05) is 44.5 Å². The zero-order chi connectivity index (χ0) is 27.0. The minimum absolute atomic E-state index is 0.0182. The Labute approximate surface area is 226 Å². The van der Waals surface area contributed by atoms with Crippen LogP contribution in [0.3, 0.4) is 0 Å². The molecule has 0 spiro atoms. The Balaban J connectivity index is 1.36. The van der Waals surface area contributed by atoms with E-state index in [1.807, 2.05) is 0 Å². The largest absolute Gasteiger partial charge is 0.461 e. The Kier molecular flexibility index (Phi) is 6.96. The minimum atomic E-state index is -1.06. The standard InChI is InChI=1S/C29H34N2O8/c30-20-5-1-18(2-6-20)26(32)38-17-28(9-22-13-34-22,10-23-14-35-23)29(11-24-15-36-24,12-25-16-37-25)39-27(33)19-3-7-21(31)8-4-19/h1-8,22-25H,9-17,30-31H2. The van der Waals surface area contributed by atoms with Crippen LogP contribution in [0.15, 0.2) is 48.5 Å². The van der Waals surface area contributed by atoms with Gasteiger partial charge in [-0.1, -0.05) is 0 Å². The molecule has 0 bridgehead atoms. The highest BCUT2D eigenvalue weighted by atomic mass is 16.6. The van der Waals surface area contributed by atoms with Gasteiger partial charge < -0.3 is 39.9 Å². The van der Waals surface area contributed by atoms with E-state index in [-0.39, 0.29) is 31.0 Å². The Hall–Kier alpha value is -3.18. The van der Waals surface area contributed by atoms with Gasteiger partial charge in [-0.15, -0.1) is 0 Å². The Morgan fingerprint density at radius 1 is 0.667 bits per heavy atom. The van der Waals surface area contributed by atoms with E-state index in [9.17, 15) is 9.59 Å². The maximum Gasteiger partial charge on any atom is 0.338 e. The summed E-state index contributed by atoms with van der Waals surface area (Å²) in [5.41, 5.74) is 11.7. The lowest BCUT2D eigenvalue weighted by atomic mass is 9.62. The molecule has 4 fully saturated rings. The maximum atomic E-state index is 13.7. The van der Waals surface area contributed by atoms with E-state index in [0.717, 1.165) is 0 Å². The van der Waals surface area contributed by atoms with Crippen LogP contribution in [0, 0.1) is 5.41 Å². The highest BCUT2D eigenvalue weighted by molar-refractivity contribution is 5.90. The molecular weight excluding hydrogens is 504 g/mol. The lowest BCUT2D eigenvalue weighted by molar-refractivity contribution is -0.146. The van der Waals surface area contributed by atoms with E-state index in [1.54, 1.807) is 48.5 Å². The minimum Gasteiger partial charge on any atom is -0.461 e. The number of epoxide rings is 4. The van der Waals surface area contributed by atoms with Gasteiger partial charge in [0, 0.05) is 29.6 Å². The van der Waals surface area contributed by atoms with Crippen molar-refractivity contribution < 1.29 is 38.0 Å². The summed E-state index contributed by atoms with van der Waals surface area (Å²) in [5.74, 6) is -0.948. The molecule has 0 radical (unpaired) electrons. The molecule has 4 atom stereocenters. The van der Waals surface area contributed by atoms with E-state index < -0.39 is 23.0 Å². The first-order chi connectivity index (χ1) is 18.8. The number of ether oxygens (including phenoxy) is 6. The summed E-state index contributed by atoms with van der Waals surface area (Å²) >= 11 is 0. The molecular formula is C29H34N2O8. The van der Waals surface area contributed by atoms with Gasteiger partial charge in [0.25, 0.3) is 0 Å². The first-order valence-electron chi connectivity index (χ1n) is 13.4. The van der Waals surface area contributed by atoms with Crippen molar-refractivity contribution >= 4 is 23.3 Å². The van der Waals surface area contributed by atoms with E-state index >= 15 is 0 Å². The van der Waals surface area contributed by atoms with Crippen LogP contribution in [0.1, 0.15) is 46.4 Å². The van der Waals surface area contributed by atoms with Crippen molar-refractivity contribution in [1.29, 1.82) is 0 Å². The third-order valence-corrected chi connectivity index (χ3v) is 7.99. The second-order valence-corrected chi connectivity index (χ2v) is 11.1. The summed E-state index contributed by atoms with van der Waals surface area (Å²) in [4.78, 5) is 26.9. The van der Waals surface area contributed by atoms with E-state index in [2.05, 4.69) is 0 Å². The zero-order valence-corrected chi connectivity index (χ0v) is 21.7. The number of nitrogen functional groups attached to an aromatic ring is 2. The first-order valence-corrected chi connectivity index (χ1v) is 13.4. The number of rotatable bonds is 14. The van der Waals surface area contributed by atoms with Crippen molar-refractivity contribution in [3.63, 3.8) is 0 Å². The average Bonchev–Trinajstić information content (AvgIpc) is 3.74. The van der Waals surface area contributed by atoms with Crippen LogP contribution in [0.5, 0.6) is 0 Å². The van der Waals surface area contributed by atoms with Crippen LogP contribution in [0.25, 0.3) is 0 Å².